The Labute approximate surface area is 170 Å². The molecule has 0 fully saturated rings. The first kappa shape index (κ1) is 21.3. The van der Waals surface area contributed by atoms with Crippen LogP contribution in [0.5, 0.6) is 0 Å². The molecule has 2 N–H and O–H groups in total. The molecule has 2 rings (SSSR count). The van der Waals surface area contributed by atoms with Gasteiger partial charge in [0.2, 0.25) is 0 Å². The SMILES string of the molecule is COC(=O)c1ccc(NC(=S)Nc2sc(C(=O)OC)c(C)c2C(=O)OC)cc1. The first-order valence-electron chi connectivity index (χ1n) is 7.88. The average molecular weight is 422 g/mol. The Morgan fingerprint density at radius 2 is 1.46 bits per heavy atom. The number of thiophene rings is 1. The number of rotatable bonds is 5. The van der Waals surface area contributed by atoms with Crippen molar-refractivity contribution in [2.45, 2.75) is 6.92 Å². The lowest BCUT2D eigenvalue weighted by Gasteiger charge is -2.11. The minimum atomic E-state index is -0.600. The highest BCUT2D eigenvalue weighted by Crippen LogP contribution is 2.34. The topological polar surface area (TPSA) is 103 Å². The number of benzene rings is 1. The van der Waals surface area contributed by atoms with E-state index in [0.29, 0.717) is 21.8 Å². The fourth-order valence-electron chi connectivity index (χ4n) is 2.31. The largest absolute Gasteiger partial charge is 0.465 e. The molecular formula is C18H18N2O6S2. The molecule has 0 saturated carbocycles. The summed E-state index contributed by atoms with van der Waals surface area (Å²) in [7, 11) is 3.81. The quantitative estimate of drug-likeness (QED) is 0.427. The van der Waals surface area contributed by atoms with Crippen LogP contribution in [0.3, 0.4) is 0 Å². The summed E-state index contributed by atoms with van der Waals surface area (Å²) in [6.07, 6.45) is 0. The van der Waals surface area contributed by atoms with Gasteiger partial charge in [-0.2, -0.15) is 0 Å². The third-order valence-corrected chi connectivity index (χ3v) is 5.09. The molecule has 8 nitrogen and oxygen atoms in total. The summed E-state index contributed by atoms with van der Waals surface area (Å²) >= 11 is 6.31. The van der Waals surface area contributed by atoms with Crippen LogP contribution in [0.25, 0.3) is 0 Å². The molecule has 0 aliphatic carbocycles. The van der Waals surface area contributed by atoms with Crippen molar-refractivity contribution < 1.29 is 28.6 Å². The molecule has 148 valence electrons. The molecule has 0 bridgehead atoms. The molecule has 0 spiro atoms. The van der Waals surface area contributed by atoms with E-state index in [-0.39, 0.29) is 15.6 Å². The number of carbonyl (C=O) groups excluding carboxylic acids is 3. The van der Waals surface area contributed by atoms with E-state index >= 15 is 0 Å². The lowest BCUT2D eigenvalue weighted by Crippen LogP contribution is -2.20. The van der Waals surface area contributed by atoms with Crippen molar-refractivity contribution in [1.29, 1.82) is 0 Å². The molecule has 0 amide bonds. The molecular weight excluding hydrogens is 404 g/mol. The molecule has 1 aromatic heterocycles. The second kappa shape index (κ2) is 9.29. The van der Waals surface area contributed by atoms with Gasteiger partial charge >= 0.3 is 17.9 Å². The molecule has 0 radical (unpaired) electrons. The number of methoxy groups -OCH3 is 3. The van der Waals surface area contributed by atoms with Crippen molar-refractivity contribution in [3.8, 4) is 0 Å². The van der Waals surface area contributed by atoms with Crippen LogP contribution >= 0.6 is 23.6 Å². The molecule has 0 aliphatic heterocycles. The number of ether oxygens (including phenoxy) is 3. The Balaban J connectivity index is 2.22. The van der Waals surface area contributed by atoms with Gasteiger partial charge in [0, 0.05) is 5.69 Å². The van der Waals surface area contributed by atoms with E-state index in [1.54, 1.807) is 31.2 Å². The van der Waals surface area contributed by atoms with Crippen LogP contribution in [0.2, 0.25) is 0 Å². The maximum absolute atomic E-state index is 12.1. The number of thiocarbonyl (C=S) groups is 1. The third kappa shape index (κ3) is 4.65. The van der Waals surface area contributed by atoms with E-state index in [9.17, 15) is 14.4 Å². The van der Waals surface area contributed by atoms with Crippen LogP contribution < -0.4 is 10.6 Å². The zero-order valence-corrected chi connectivity index (χ0v) is 17.2. The van der Waals surface area contributed by atoms with Crippen molar-refractivity contribution in [1.82, 2.24) is 0 Å². The van der Waals surface area contributed by atoms with E-state index in [1.807, 2.05) is 0 Å². The zero-order valence-electron chi connectivity index (χ0n) is 15.6. The summed E-state index contributed by atoms with van der Waals surface area (Å²) in [6.45, 7) is 1.63. The van der Waals surface area contributed by atoms with E-state index in [2.05, 4.69) is 15.4 Å². The first-order chi connectivity index (χ1) is 13.3. The molecule has 1 heterocycles. The summed E-state index contributed by atoms with van der Waals surface area (Å²) in [5.41, 5.74) is 1.66. The van der Waals surface area contributed by atoms with Crippen molar-refractivity contribution in [2.75, 3.05) is 32.0 Å². The highest BCUT2D eigenvalue weighted by atomic mass is 32.1. The second-order valence-electron chi connectivity index (χ2n) is 5.39. The summed E-state index contributed by atoms with van der Waals surface area (Å²) in [6, 6.07) is 6.48. The van der Waals surface area contributed by atoms with Crippen LogP contribution in [-0.4, -0.2) is 44.3 Å². The molecule has 1 aromatic carbocycles. The maximum Gasteiger partial charge on any atom is 0.348 e. The van der Waals surface area contributed by atoms with Gasteiger partial charge in [0.1, 0.15) is 9.88 Å². The highest BCUT2D eigenvalue weighted by molar-refractivity contribution is 7.80. The normalized spacial score (nSPS) is 10.0. The average Bonchev–Trinajstić information content (AvgIpc) is 3.02. The van der Waals surface area contributed by atoms with Gasteiger partial charge in [-0.15, -0.1) is 11.3 Å². The fourth-order valence-corrected chi connectivity index (χ4v) is 3.71. The summed E-state index contributed by atoms with van der Waals surface area (Å²) < 4.78 is 14.2. The second-order valence-corrected chi connectivity index (χ2v) is 6.82. The molecule has 2 aromatic rings. The Kier molecular flexibility index (Phi) is 7.07. The predicted molar refractivity (Wildman–Crippen MR) is 109 cm³/mol. The molecule has 0 saturated heterocycles. The Morgan fingerprint density at radius 1 is 0.893 bits per heavy atom. The summed E-state index contributed by atoms with van der Waals surface area (Å²) in [4.78, 5) is 35.8. The standard InChI is InChI=1S/C18H18N2O6S2/c1-9-12(16(22)25-3)14(28-13(9)17(23)26-4)20-18(27)19-11-7-5-10(6-8-11)15(21)24-2/h5-8H,1-4H3,(H2,19,20,27). The molecule has 0 unspecified atom stereocenters. The van der Waals surface area contributed by atoms with Crippen molar-refractivity contribution in [3.05, 3.63) is 45.8 Å². The number of anilines is 2. The van der Waals surface area contributed by atoms with Gasteiger partial charge in [-0.1, -0.05) is 0 Å². The highest BCUT2D eigenvalue weighted by Gasteiger charge is 2.26. The Hall–Kier alpha value is -2.98. The monoisotopic (exact) mass is 422 g/mol. The maximum atomic E-state index is 12.1. The van der Waals surface area contributed by atoms with Gasteiger partial charge in [-0.3, -0.25) is 0 Å². The van der Waals surface area contributed by atoms with Gasteiger partial charge in [0.25, 0.3) is 0 Å². The van der Waals surface area contributed by atoms with E-state index in [4.69, 9.17) is 21.7 Å². The molecule has 0 atom stereocenters. The van der Waals surface area contributed by atoms with Gasteiger partial charge < -0.3 is 24.8 Å². The number of hydrogen-bond acceptors (Lipinski definition) is 8. The van der Waals surface area contributed by atoms with E-state index in [1.165, 1.54) is 21.3 Å². The van der Waals surface area contributed by atoms with Gasteiger partial charge in [0.05, 0.1) is 32.5 Å². The predicted octanol–water partition coefficient (Wildman–Crippen LogP) is 3.23. The number of esters is 3. The van der Waals surface area contributed by atoms with E-state index in [0.717, 1.165) is 11.3 Å². The summed E-state index contributed by atoms with van der Waals surface area (Å²) in [5.74, 6) is -1.60. The molecule has 28 heavy (non-hydrogen) atoms. The molecule has 0 aliphatic rings. The first-order valence-corrected chi connectivity index (χ1v) is 9.11. The lowest BCUT2D eigenvalue weighted by molar-refractivity contribution is 0.0589. The minimum Gasteiger partial charge on any atom is -0.465 e. The van der Waals surface area contributed by atoms with Crippen LogP contribution in [0.15, 0.2) is 24.3 Å². The lowest BCUT2D eigenvalue weighted by atomic mass is 10.1. The number of nitrogens with one attached hydrogen (secondary N) is 2. The van der Waals surface area contributed by atoms with Gasteiger partial charge in [0.15, 0.2) is 5.11 Å². The van der Waals surface area contributed by atoms with Gasteiger partial charge in [-0.05, 0) is 49.0 Å². The van der Waals surface area contributed by atoms with Gasteiger partial charge in [-0.25, -0.2) is 14.4 Å². The Bertz CT molecular complexity index is 921. The van der Waals surface area contributed by atoms with Crippen LogP contribution in [-0.2, 0) is 14.2 Å². The van der Waals surface area contributed by atoms with Crippen molar-refractivity contribution in [3.63, 3.8) is 0 Å². The minimum absolute atomic E-state index is 0.189. The van der Waals surface area contributed by atoms with Crippen LogP contribution in [0.1, 0.15) is 36.0 Å². The van der Waals surface area contributed by atoms with Crippen molar-refractivity contribution >= 4 is 57.3 Å². The molecule has 10 heteroatoms. The number of carbonyl (C=O) groups is 3. The Morgan fingerprint density at radius 3 is 2.00 bits per heavy atom. The van der Waals surface area contributed by atoms with Crippen LogP contribution in [0, 0.1) is 6.92 Å². The van der Waals surface area contributed by atoms with E-state index < -0.39 is 17.9 Å². The summed E-state index contributed by atoms with van der Waals surface area (Å²) in [5, 5.41) is 6.38. The number of hydrogen-bond donors (Lipinski definition) is 2. The fraction of sp³-hybridized carbons (Fsp3) is 0.222. The smallest absolute Gasteiger partial charge is 0.348 e. The third-order valence-electron chi connectivity index (χ3n) is 3.70. The zero-order chi connectivity index (χ0) is 20.8. The van der Waals surface area contributed by atoms with Crippen molar-refractivity contribution in [2.24, 2.45) is 0 Å². The van der Waals surface area contributed by atoms with Crippen LogP contribution in [0.4, 0.5) is 10.7 Å².